The van der Waals surface area contributed by atoms with Crippen LogP contribution in [-0.4, -0.2) is 50.1 Å². The van der Waals surface area contributed by atoms with E-state index in [-0.39, 0.29) is 0 Å². The van der Waals surface area contributed by atoms with Gasteiger partial charge in [-0.25, -0.2) is 0 Å². The van der Waals surface area contributed by atoms with E-state index < -0.39 is 0 Å². The Morgan fingerprint density at radius 1 is 1.22 bits per heavy atom. The van der Waals surface area contributed by atoms with Crippen molar-refractivity contribution in [1.29, 1.82) is 0 Å². The van der Waals surface area contributed by atoms with Gasteiger partial charge in [-0.15, -0.1) is 0 Å². The molecule has 1 fully saturated rings. The van der Waals surface area contributed by atoms with Crippen molar-refractivity contribution in [3.05, 3.63) is 0 Å². The minimum Gasteiger partial charge on any atom is -0.356 e. The van der Waals surface area contributed by atoms with Crippen LogP contribution in [-0.2, 0) is 0 Å². The van der Waals surface area contributed by atoms with Gasteiger partial charge in [0.2, 0.25) is 0 Å². The molecule has 1 aliphatic heterocycles. The molecule has 0 aromatic carbocycles. The first-order valence-electron chi connectivity index (χ1n) is 7.50. The normalized spacial score (nSPS) is 21.9. The average molecular weight is 254 g/mol. The van der Waals surface area contributed by atoms with Gasteiger partial charge >= 0.3 is 0 Å². The molecule has 0 bridgehead atoms. The molecule has 4 heteroatoms. The molecule has 0 spiro atoms. The Morgan fingerprint density at radius 3 is 2.67 bits per heavy atom. The number of likely N-dealkylation sites (tertiary alicyclic amines) is 1. The molecule has 0 aromatic rings. The van der Waals surface area contributed by atoms with Crippen molar-refractivity contribution >= 4 is 5.96 Å². The molecule has 18 heavy (non-hydrogen) atoms. The standard InChI is InChI=1S/C14H30N4/c1-4-9-16-14(15-3)17-10-12-18-11-7-6-8-13(18)5-2/h13H,4-12H2,1-3H3,(H2,15,16,17). The van der Waals surface area contributed by atoms with Gasteiger partial charge in [-0.2, -0.15) is 0 Å². The first kappa shape index (κ1) is 15.3. The zero-order valence-electron chi connectivity index (χ0n) is 12.3. The van der Waals surface area contributed by atoms with Crippen LogP contribution in [0.25, 0.3) is 0 Å². The highest BCUT2D eigenvalue weighted by Gasteiger charge is 2.19. The molecule has 2 N–H and O–H groups in total. The van der Waals surface area contributed by atoms with Crippen LogP contribution < -0.4 is 10.6 Å². The first-order chi connectivity index (χ1) is 8.81. The third kappa shape index (κ3) is 5.25. The fourth-order valence-electron chi connectivity index (χ4n) is 2.60. The minimum atomic E-state index is 0.797. The molecule has 0 saturated carbocycles. The van der Waals surface area contributed by atoms with Crippen LogP contribution >= 0.6 is 0 Å². The lowest BCUT2D eigenvalue weighted by Crippen LogP contribution is -2.46. The van der Waals surface area contributed by atoms with E-state index in [0.29, 0.717) is 0 Å². The summed E-state index contributed by atoms with van der Waals surface area (Å²) in [6, 6.07) is 0.797. The maximum Gasteiger partial charge on any atom is 0.191 e. The number of nitrogens with one attached hydrogen (secondary N) is 2. The zero-order valence-corrected chi connectivity index (χ0v) is 12.3. The van der Waals surface area contributed by atoms with Crippen LogP contribution in [0.3, 0.4) is 0 Å². The van der Waals surface area contributed by atoms with Crippen molar-refractivity contribution in [2.45, 2.75) is 52.0 Å². The molecule has 1 aliphatic rings. The third-order valence-corrected chi connectivity index (χ3v) is 3.68. The first-order valence-corrected chi connectivity index (χ1v) is 7.50. The second-order valence-electron chi connectivity index (χ2n) is 5.02. The Balaban J connectivity index is 2.22. The largest absolute Gasteiger partial charge is 0.356 e. The third-order valence-electron chi connectivity index (χ3n) is 3.68. The lowest BCUT2D eigenvalue weighted by atomic mass is 10.0. The molecular formula is C14H30N4. The van der Waals surface area contributed by atoms with Gasteiger partial charge in [0, 0.05) is 32.7 Å². The summed E-state index contributed by atoms with van der Waals surface area (Å²) in [6.07, 6.45) is 6.55. The summed E-state index contributed by atoms with van der Waals surface area (Å²) in [4.78, 5) is 6.85. The molecule has 106 valence electrons. The van der Waals surface area contributed by atoms with Gasteiger partial charge < -0.3 is 10.6 Å². The van der Waals surface area contributed by atoms with E-state index in [9.17, 15) is 0 Å². The van der Waals surface area contributed by atoms with Crippen molar-refractivity contribution in [2.75, 3.05) is 33.2 Å². The Labute approximate surface area is 112 Å². The summed E-state index contributed by atoms with van der Waals surface area (Å²) in [6.45, 7) is 8.84. The van der Waals surface area contributed by atoms with Crippen LogP contribution in [0.4, 0.5) is 0 Å². The molecule has 0 aliphatic carbocycles. The molecule has 1 rings (SSSR count). The van der Waals surface area contributed by atoms with Gasteiger partial charge in [0.25, 0.3) is 0 Å². The quantitative estimate of drug-likeness (QED) is 0.561. The van der Waals surface area contributed by atoms with E-state index >= 15 is 0 Å². The molecule has 4 nitrogen and oxygen atoms in total. The lowest BCUT2D eigenvalue weighted by Gasteiger charge is -2.35. The summed E-state index contributed by atoms with van der Waals surface area (Å²) >= 11 is 0. The van der Waals surface area contributed by atoms with E-state index in [1.54, 1.807) is 0 Å². The van der Waals surface area contributed by atoms with E-state index in [2.05, 4.69) is 34.4 Å². The highest BCUT2D eigenvalue weighted by atomic mass is 15.2. The predicted molar refractivity (Wildman–Crippen MR) is 79.2 cm³/mol. The van der Waals surface area contributed by atoms with E-state index in [1.807, 2.05) is 7.05 Å². The Kier molecular flexibility index (Phi) is 7.81. The lowest BCUT2D eigenvalue weighted by molar-refractivity contribution is 0.147. The van der Waals surface area contributed by atoms with Crippen molar-refractivity contribution in [1.82, 2.24) is 15.5 Å². The summed E-state index contributed by atoms with van der Waals surface area (Å²) < 4.78 is 0. The average Bonchev–Trinajstić information content (AvgIpc) is 2.43. The molecule has 0 radical (unpaired) electrons. The van der Waals surface area contributed by atoms with Gasteiger partial charge in [0.05, 0.1) is 0 Å². The van der Waals surface area contributed by atoms with Gasteiger partial charge in [-0.3, -0.25) is 9.89 Å². The molecule has 0 aromatic heterocycles. The van der Waals surface area contributed by atoms with Crippen LogP contribution in [0, 0.1) is 0 Å². The second-order valence-corrected chi connectivity index (χ2v) is 5.02. The van der Waals surface area contributed by atoms with Crippen LogP contribution in [0.2, 0.25) is 0 Å². The topological polar surface area (TPSA) is 39.7 Å². The highest BCUT2D eigenvalue weighted by molar-refractivity contribution is 5.79. The molecule has 1 heterocycles. The minimum absolute atomic E-state index is 0.797. The van der Waals surface area contributed by atoms with Crippen LogP contribution in [0.5, 0.6) is 0 Å². The SMILES string of the molecule is CCCNC(=NC)NCCN1CCCCC1CC. The Morgan fingerprint density at radius 2 is 2.00 bits per heavy atom. The summed E-state index contributed by atoms with van der Waals surface area (Å²) in [5.41, 5.74) is 0. The van der Waals surface area contributed by atoms with E-state index in [4.69, 9.17) is 0 Å². The number of piperidine rings is 1. The molecular weight excluding hydrogens is 224 g/mol. The van der Waals surface area contributed by atoms with Crippen molar-refractivity contribution in [3.8, 4) is 0 Å². The van der Waals surface area contributed by atoms with Crippen LogP contribution in [0.1, 0.15) is 46.0 Å². The maximum atomic E-state index is 4.22. The molecule has 0 amide bonds. The summed E-state index contributed by atoms with van der Waals surface area (Å²) in [5, 5.41) is 6.70. The van der Waals surface area contributed by atoms with E-state index in [0.717, 1.165) is 38.1 Å². The number of rotatable bonds is 6. The Bertz CT molecular complexity index is 240. The number of hydrogen-bond acceptors (Lipinski definition) is 2. The van der Waals surface area contributed by atoms with Crippen molar-refractivity contribution in [3.63, 3.8) is 0 Å². The summed E-state index contributed by atoms with van der Waals surface area (Å²) in [5.74, 6) is 0.932. The predicted octanol–water partition coefficient (Wildman–Crippen LogP) is 1.83. The van der Waals surface area contributed by atoms with Gasteiger partial charge in [-0.05, 0) is 32.2 Å². The fraction of sp³-hybridized carbons (Fsp3) is 0.929. The monoisotopic (exact) mass is 254 g/mol. The number of hydrogen-bond donors (Lipinski definition) is 2. The van der Waals surface area contributed by atoms with Crippen molar-refractivity contribution < 1.29 is 0 Å². The van der Waals surface area contributed by atoms with Gasteiger partial charge in [0.1, 0.15) is 0 Å². The zero-order chi connectivity index (χ0) is 13.2. The van der Waals surface area contributed by atoms with Gasteiger partial charge in [-0.1, -0.05) is 20.3 Å². The van der Waals surface area contributed by atoms with Gasteiger partial charge in [0.15, 0.2) is 5.96 Å². The second kappa shape index (κ2) is 9.20. The van der Waals surface area contributed by atoms with E-state index in [1.165, 1.54) is 32.2 Å². The van der Waals surface area contributed by atoms with Crippen LogP contribution in [0.15, 0.2) is 4.99 Å². The Hall–Kier alpha value is -0.770. The number of guanidine groups is 1. The maximum absolute atomic E-state index is 4.22. The smallest absolute Gasteiger partial charge is 0.191 e. The molecule has 1 saturated heterocycles. The summed E-state index contributed by atoms with van der Waals surface area (Å²) in [7, 11) is 1.83. The van der Waals surface area contributed by atoms with Crippen molar-refractivity contribution in [2.24, 2.45) is 4.99 Å². The highest BCUT2D eigenvalue weighted by Crippen LogP contribution is 2.18. The fourth-order valence-corrected chi connectivity index (χ4v) is 2.60. The number of nitrogens with zero attached hydrogens (tertiary/aromatic N) is 2. The molecule has 1 atom stereocenters. The number of aliphatic imine (C=N–C) groups is 1. The molecule has 1 unspecified atom stereocenters.